The quantitative estimate of drug-likeness (QED) is 0.154. The van der Waals surface area contributed by atoms with Gasteiger partial charge >= 0.3 is 12.7 Å². The van der Waals surface area contributed by atoms with Gasteiger partial charge in [-0.1, -0.05) is 12.9 Å². The number of halogens is 7. The summed E-state index contributed by atoms with van der Waals surface area (Å²) in [5.41, 5.74) is 1.88. The molecule has 2 saturated carbocycles. The molecule has 2 fully saturated rings. The third-order valence-corrected chi connectivity index (χ3v) is 11.7. The molecule has 2 nitrogen and oxygen atoms in total. The number of alkyl halides is 6. The Morgan fingerprint density at radius 2 is 1.13 bits per heavy atom. The van der Waals surface area contributed by atoms with E-state index in [0.717, 1.165) is 51.4 Å². The van der Waals surface area contributed by atoms with Gasteiger partial charge in [0.15, 0.2) is 0 Å². The van der Waals surface area contributed by atoms with Gasteiger partial charge in [-0.3, -0.25) is 0 Å². The number of benzene rings is 1. The normalized spacial score (nSPS) is 19.0. The van der Waals surface area contributed by atoms with Crippen molar-refractivity contribution >= 4 is 24.2 Å². The molecule has 30 heavy (non-hydrogen) atoms. The molecule has 1 aromatic carbocycles. The van der Waals surface area contributed by atoms with Crippen molar-refractivity contribution in [2.45, 2.75) is 75.4 Å². The zero-order valence-electron chi connectivity index (χ0n) is 15.8. The van der Waals surface area contributed by atoms with Crippen molar-refractivity contribution in [3.63, 3.8) is 0 Å². The van der Waals surface area contributed by atoms with Crippen LogP contribution >= 0.6 is 18.9 Å². The second-order valence-corrected chi connectivity index (χ2v) is 12.0. The van der Waals surface area contributed by atoms with E-state index in [1.54, 1.807) is 5.62 Å². The molecule has 0 radical (unpaired) electrons. The number of hydrogen-bond donors (Lipinski definition) is 0. The molecule has 0 aliphatic heterocycles. The number of hydrogen-bond acceptors (Lipinski definition) is 2. The molecule has 0 amide bonds. The van der Waals surface area contributed by atoms with Crippen LogP contribution in [0.2, 0.25) is 0 Å². The fraction of sp³-hybridized carbons (Fsp3) is 0.632. The summed E-state index contributed by atoms with van der Waals surface area (Å²) in [7, 11) is -2.36. The van der Waals surface area contributed by atoms with Crippen molar-refractivity contribution < 1.29 is 56.2 Å². The van der Waals surface area contributed by atoms with Crippen molar-refractivity contribution in [3.05, 3.63) is 23.8 Å². The Morgan fingerprint density at radius 3 is 1.43 bits per heavy atom. The van der Waals surface area contributed by atoms with E-state index in [4.69, 9.17) is 11.6 Å². The molecule has 2 aliphatic rings. The largest absolute Gasteiger partial charge is 0.573 e. The van der Waals surface area contributed by atoms with Gasteiger partial charge in [-0.05, 0) is 51.4 Å². The second-order valence-electron chi connectivity index (χ2n) is 7.57. The first-order valence-electron chi connectivity index (χ1n) is 9.53. The van der Waals surface area contributed by atoms with Crippen LogP contribution in [0.3, 0.4) is 0 Å². The minimum Gasteiger partial charge on any atom is -0.405 e. The molecule has 11 heteroatoms. The first kappa shape index (κ1) is 26.0. The fourth-order valence-corrected chi connectivity index (χ4v) is 11.1. The zero-order valence-corrected chi connectivity index (χ0v) is 19.1. The van der Waals surface area contributed by atoms with E-state index in [9.17, 15) is 26.3 Å². The Bertz CT molecular complexity index is 653. The molecular weight excluding hydrogens is 547 g/mol. The summed E-state index contributed by atoms with van der Waals surface area (Å²) >= 11 is 6.39. The minimum absolute atomic E-state index is 0. The summed E-state index contributed by atoms with van der Waals surface area (Å²) in [6, 6.07) is 3.04. The molecule has 0 atom stereocenters. The molecule has 0 heterocycles. The molecule has 3 rings (SSSR count). The number of ether oxygens (including phenoxy) is 2. The maximum atomic E-state index is 12.8. The second kappa shape index (κ2) is 10.2. The van der Waals surface area contributed by atoms with E-state index in [2.05, 4.69) is 9.47 Å². The van der Waals surface area contributed by atoms with Gasteiger partial charge in [0.05, 0.1) is 5.30 Å². The molecule has 0 aromatic heterocycles. The first-order valence-corrected chi connectivity index (χ1v) is 12.0. The van der Waals surface area contributed by atoms with Crippen molar-refractivity contribution in [2.75, 3.05) is 0 Å². The minimum atomic E-state index is -5.03. The van der Waals surface area contributed by atoms with Crippen LogP contribution in [0.25, 0.3) is 0 Å². The van der Waals surface area contributed by atoms with Crippen LogP contribution in [0.15, 0.2) is 18.2 Å². The van der Waals surface area contributed by atoms with Gasteiger partial charge in [-0.15, -0.1) is 26.3 Å². The summed E-state index contributed by atoms with van der Waals surface area (Å²) in [5, 5.41) is 0.396. The third kappa shape index (κ3) is 6.18. The van der Waals surface area contributed by atoms with Crippen LogP contribution in [0.4, 0.5) is 26.3 Å². The smallest absolute Gasteiger partial charge is 0.405 e. The molecule has 0 spiro atoms. The van der Waals surface area contributed by atoms with Crippen molar-refractivity contribution in [1.82, 2.24) is 0 Å². The average Bonchev–Trinajstić information content (AvgIpc) is 3.27. The van der Waals surface area contributed by atoms with Crippen molar-refractivity contribution in [3.8, 4) is 11.5 Å². The van der Waals surface area contributed by atoms with E-state index in [-0.39, 0.29) is 31.7 Å². The van der Waals surface area contributed by atoms with Crippen molar-refractivity contribution in [2.24, 2.45) is 0 Å². The van der Waals surface area contributed by atoms with Crippen LogP contribution in [0, 0.1) is 5.62 Å². The van der Waals surface area contributed by atoms with Crippen LogP contribution in [0.5, 0.6) is 11.5 Å². The van der Waals surface area contributed by atoms with E-state index < -0.39 is 31.5 Å². The monoisotopic (exact) mass is 568 g/mol. The van der Waals surface area contributed by atoms with E-state index in [1.165, 1.54) is 12.1 Å². The van der Waals surface area contributed by atoms with Gasteiger partial charge in [-0.25, -0.2) is 0 Å². The maximum absolute atomic E-state index is 12.8. The van der Waals surface area contributed by atoms with Crippen molar-refractivity contribution in [1.29, 1.82) is 0 Å². The Labute approximate surface area is 191 Å². The molecular formula is C19H22ClF6O2PPd. The topological polar surface area (TPSA) is 18.5 Å². The summed E-state index contributed by atoms with van der Waals surface area (Å²) in [6.45, 7) is 0. The van der Waals surface area contributed by atoms with Gasteiger partial charge in [0.25, 0.3) is 0 Å². The van der Waals surface area contributed by atoms with E-state index in [0.29, 0.717) is 11.4 Å². The van der Waals surface area contributed by atoms with Gasteiger partial charge < -0.3 is 21.1 Å². The van der Waals surface area contributed by atoms with E-state index in [1.807, 2.05) is 0 Å². The molecule has 1 aromatic rings. The maximum Gasteiger partial charge on any atom is 0.573 e. The summed E-state index contributed by atoms with van der Waals surface area (Å²) in [4.78, 5) is 0. The number of rotatable bonds is 6. The summed E-state index contributed by atoms with van der Waals surface area (Å²) < 4.78 is 84.8. The Hall–Kier alpha value is -0.218. The molecule has 0 N–H and O–H groups in total. The third-order valence-electron chi connectivity index (χ3n) is 5.80. The van der Waals surface area contributed by atoms with Crippen LogP contribution in [-0.4, -0.2) is 24.0 Å². The summed E-state index contributed by atoms with van der Waals surface area (Å²) in [5.74, 6) is -1.43. The Balaban J connectivity index is 0.00000320. The summed E-state index contributed by atoms with van der Waals surface area (Å²) in [6.07, 6.45) is -2.66. The molecule has 174 valence electrons. The molecule has 0 saturated heterocycles. The first-order chi connectivity index (χ1) is 13.5. The Morgan fingerprint density at radius 1 is 0.767 bits per heavy atom. The zero-order chi connectivity index (χ0) is 21.3. The van der Waals surface area contributed by atoms with Crippen LogP contribution < -0.4 is 14.8 Å². The van der Waals surface area contributed by atoms with E-state index >= 15 is 0 Å². The molecule has 0 bridgehead atoms. The van der Waals surface area contributed by atoms with Gasteiger partial charge in [0.1, 0.15) is 11.5 Å². The molecule has 2 aliphatic carbocycles. The van der Waals surface area contributed by atoms with Gasteiger partial charge in [-0.2, -0.15) is 0 Å². The Kier molecular flexibility index (Phi) is 8.81. The predicted octanol–water partition coefficient (Wildman–Crippen LogP) is 7.37. The van der Waals surface area contributed by atoms with Crippen LogP contribution in [0.1, 0.15) is 51.4 Å². The van der Waals surface area contributed by atoms with Crippen LogP contribution in [-0.2, 0) is 20.4 Å². The van der Waals surface area contributed by atoms with Gasteiger partial charge in [0, 0.05) is 49.9 Å². The standard InChI is InChI=1S/C19H22ClF6O2P.Pd/c20-12-29(15-5-1-2-6-15,16-7-3-4-8-16)17-10-13(27-18(21,22)23)9-14(11-17)28-19(24,25)26;/h9-12,15-16H,1-8H2;. The average molecular weight is 569 g/mol. The fourth-order valence-electron chi connectivity index (χ4n) is 4.76. The predicted molar refractivity (Wildman–Crippen MR) is 101 cm³/mol. The van der Waals surface area contributed by atoms with Gasteiger partial charge in [0.2, 0.25) is 0 Å². The SMILES string of the molecule is FC(F)(F)Oc1cc(OC(F)(F)F)cc([P+]([CH-]Cl)(C2CCCC2)C2CCCC2)c1.[Pd]. The molecule has 0 unspecified atom stereocenters.